The van der Waals surface area contributed by atoms with Gasteiger partial charge in [0, 0.05) is 29.4 Å². The average Bonchev–Trinajstić information content (AvgIpc) is 2.71. The number of methoxy groups -OCH3 is 2. The number of nitrogens with one attached hydrogen (secondary N) is 1. The van der Waals surface area contributed by atoms with E-state index in [9.17, 15) is 20.2 Å². The van der Waals surface area contributed by atoms with Crippen LogP contribution in [0.15, 0.2) is 42.0 Å². The summed E-state index contributed by atoms with van der Waals surface area (Å²) in [5.74, 6) is 0.105. The third-order valence-electron chi connectivity index (χ3n) is 3.80. The Bertz CT molecular complexity index is 994. The molecule has 2 aromatic carbocycles. The second-order valence-electron chi connectivity index (χ2n) is 5.61. The van der Waals surface area contributed by atoms with Crippen LogP contribution in [-0.4, -0.2) is 31.7 Å². The summed E-state index contributed by atoms with van der Waals surface area (Å²) in [6, 6.07) is 11.0. The number of amides is 1. The van der Waals surface area contributed by atoms with Crippen LogP contribution in [0.1, 0.15) is 12.5 Å². The van der Waals surface area contributed by atoms with E-state index >= 15 is 0 Å². The van der Waals surface area contributed by atoms with Crippen LogP contribution in [0.5, 0.6) is 17.2 Å². The number of hydrogen-bond donors (Lipinski definition) is 1. The highest BCUT2D eigenvalue weighted by Gasteiger charge is 2.20. The van der Waals surface area contributed by atoms with E-state index in [0.29, 0.717) is 18.0 Å². The van der Waals surface area contributed by atoms with Gasteiger partial charge in [0.1, 0.15) is 23.1 Å². The zero-order chi connectivity index (χ0) is 21.4. The molecule has 0 saturated heterocycles. The molecule has 2 aromatic rings. The molecule has 0 saturated carbocycles. The van der Waals surface area contributed by atoms with Crippen molar-refractivity contribution in [2.45, 2.75) is 6.92 Å². The summed E-state index contributed by atoms with van der Waals surface area (Å²) in [7, 11) is 2.66. The van der Waals surface area contributed by atoms with E-state index in [0.717, 1.165) is 0 Å². The normalized spacial score (nSPS) is 10.6. The molecule has 0 fully saturated rings. The molecule has 9 heteroatoms. The van der Waals surface area contributed by atoms with Gasteiger partial charge in [-0.2, -0.15) is 5.26 Å². The summed E-state index contributed by atoms with van der Waals surface area (Å²) in [6.45, 7) is 2.31. The highest BCUT2D eigenvalue weighted by atomic mass is 16.6. The fourth-order valence-corrected chi connectivity index (χ4v) is 2.49. The first-order valence-electron chi connectivity index (χ1n) is 8.49. The van der Waals surface area contributed by atoms with Gasteiger partial charge in [-0.1, -0.05) is 6.07 Å². The molecule has 29 heavy (non-hydrogen) atoms. The molecule has 0 bridgehead atoms. The van der Waals surface area contributed by atoms with Gasteiger partial charge in [-0.3, -0.25) is 14.9 Å². The first kappa shape index (κ1) is 21.2. The maximum Gasteiger partial charge on any atom is 0.311 e. The van der Waals surface area contributed by atoms with E-state index in [2.05, 4.69) is 5.32 Å². The second kappa shape index (κ2) is 9.75. The molecule has 0 unspecified atom stereocenters. The Balaban J connectivity index is 2.39. The molecule has 0 radical (unpaired) electrons. The topological polar surface area (TPSA) is 124 Å². The van der Waals surface area contributed by atoms with Gasteiger partial charge in [-0.25, -0.2) is 0 Å². The molecule has 0 aromatic heterocycles. The van der Waals surface area contributed by atoms with Crippen LogP contribution in [0.3, 0.4) is 0 Å². The lowest BCUT2D eigenvalue weighted by Gasteiger charge is -2.10. The highest BCUT2D eigenvalue weighted by Crippen LogP contribution is 2.35. The van der Waals surface area contributed by atoms with Crippen molar-refractivity contribution in [2.75, 3.05) is 26.1 Å². The van der Waals surface area contributed by atoms with Gasteiger partial charge in [0.25, 0.3) is 5.91 Å². The lowest BCUT2D eigenvalue weighted by molar-refractivity contribution is -0.385. The van der Waals surface area contributed by atoms with Crippen molar-refractivity contribution in [3.8, 4) is 23.3 Å². The summed E-state index contributed by atoms with van der Waals surface area (Å²) in [6.07, 6.45) is 1.22. The third-order valence-corrected chi connectivity index (χ3v) is 3.80. The van der Waals surface area contributed by atoms with Gasteiger partial charge in [0.15, 0.2) is 0 Å². The number of carbonyl (C=O) groups is 1. The average molecular weight is 397 g/mol. The first-order valence-corrected chi connectivity index (χ1v) is 8.49. The van der Waals surface area contributed by atoms with Crippen LogP contribution >= 0.6 is 0 Å². The van der Waals surface area contributed by atoms with E-state index in [1.807, 2.05) is 6.92 Å². The van der Waals surface area contributed by atoms with Crippen LogP contribution in [-0.2, 0) is 4.79 Å². The third kappa shape index (κ3) is 5.23. The molecule has 9 nitrogen and oxygen atoms in total. The van der Waals surface area contributed by atoms with Crippen LogP contribution in [0.2, 0.25) is 0 Å². The molecule has 0 aliphatic rings. The fraction of sp³-hybridized carbons (Fsp3) is 0.200. The molecular formula is C20H19N3O6. The van der Waals surface area contributed by atoms with Crippen molar-refractivity contribution < 1.29 is 23.9 Å². The molecule has 0 aliphatic heterocycles. The monoisotopic (exact) mass is 397 g/mol. The molecular weight excluding hydrogens is 378 g/mol. The van der Waals surface area contributed by atoms with Crippen LogP contribution in [0.4, 0.5) is 11.4 Å². The quantitative estimate of drug-likeness (QED) is 0.312. The van der Waals surface area contributed by atoms with E-state index in [4.69, 9.17) is 14.2 Å². The van der Waals surface area contributed by atoms with Gasteiger partial charge in [0.2, 0.25) is 5.75 Å². The summed E-state index contributed by atoms with van der Waals surface area (Å²) in [5.41, 5.74) is 0.0517. The Hall–Kier alpha value is -4.06. The predicted molar refractivity (Wildman–Crippen MR) is 106 cm³/mol. The standard InChI is InChI=1S/C20H19N3O6/c1-4-29-16-7-5-6-15(10-16)22-20(24)14(12-21)8-13-9-17(23(25)26)19(28-3)11-18(13)27-2/h5-11H,4H2,1-3H3,(H,22,24)/b14-8+. The minimum atomic E-state index is -0.679. The van der Waals surface area contributed by atoms with Gasteiger partial charge in [-0.05, 0) is 25.1 Å². The number of anilines is 1. The van der Waals surface area contributed by atoms with E-state index in [-0.39, 0.29) is 28.3 Å². The van der Waals surface area contributed by atoms with Crippen molar-refractivity contribution in [3.63, 3.8) is 0 Å². The van der Waals surface area contributed by atoms with Crippen LogP contribution < -0.4 is 19.5 Å². The Morgan fingerprint density at radius 3 is 2.55 bits per heavy atom. The molecule has 0 heterocycles. The largest absolute Gasteiger partial charge is 0.496 e. The van der Waals surface area contributed by atoms with Crippen LogP contribution in [0.25, 0.3) is 6.08 Å². The minimum Gasteiger partial charge on any atom is -0.496 e. The summed E-state index contributed by atoms with van der Waals surface area (Å²) < 4.78 is 15.6. The van der Waals surface area contributed by atoms with E-state index in [1.54, 1.807) is 30.3 Å². The second-order valence-corrected chi connectivity index (χ2v) is 5.61. The van der Waals surface area contributed by atoms with Crippen LogP contribution in [0, 0.1) is 21.4 Å². The number of nitrogens with zero attached hydrogens (tertiary/aromatic N) is 2. The van der Waals surface area contributed by atoms with E-state index < -0.39 is 10.8 Å². The maximum atomic E-state index is 12.5. The number of nitro benzene ring substituents is 1. The summed E-state index contributed by atoms with van der Waals surface area (Å²) in [5, 5.41) is 23.3. The van der Waals surface area contributed by atoms with Crippen molar-refractivity contribution in [1.82, 2.24) is 0 Å². The molecule has 150 valence electrons. The zero-order valence-electron chi connectivity index (χ0n) is 16.1. The number of nitriles is 1. The molecule has 1 N–H and O–H groups in total. The minimum absolute atomic E-state index is 0.000279. The van der Waals surface area contributed by atoms with Crippen molar-refractivity contribution in [3.05, 3.63) is 57.6 Å². The predicted octanol–water partition coefficient (Wildman–Crippen LogP) is 3.56. The fourth-order valence-electron chi connectivity index (χ4n) is 2.49. The summed E-state index contributed by atoms with van der Waals surface area (Å²) >= 11 is 0. The van der Waals surface area contributed by atoms with Crippen molar-refractivity contribution in [2.24, 2.45) is 0 Å². The number of hydrogen-bond acceptors (Lipinski definition) is 7. The smallest absolute Gasteiger partial charge is 0.311 e. The van der Waals surface area contributed by atoms with Gasteiger partial charge >= 0.3 is 5.69 Å². The molecule has 2 rings (SSSR count). The lowest BCUT2D eigenvalue weighted by Crippen LogP contribution is -2.13. The van der Waals surface area contributed by atoms with Gasteiger partial charge in [0.05, 0.1) is 25.7 Å². The Labute approximate surface area is 167 Å². The Morgan fingerprint density at radius 1 is 1.24 bits per heavy atom. The van der Waals surface area contributed by atoms with Crippen molar-refractivity contribution >= 4 is 23.4 Å². The number of carbonyl (C=O) groups excluding carboxylic acids is 1. The number of benzene rings is 2. The molecule has 0 atom stereocenters. The summed E-state index contributed by atoms with van der Waals surface area (Å²) in [4.78, 5) is 23.1. The molecule has 0 aliphatic carbocycles. The molecule has 0 spiro atoms. The molecule has 1 amide bonds. The van der Waals surface area contributed by atoms with Gasteiger partial charge in [-0.15, -0.1) is 0 Å². The number of nitro groups is 1. The first-order chi connectivity index (χ1) is 13.9. The SMILES string of the molecule is CCOc1cccc(NC(=O)/C(C#N)=C/c2cc([N+](=O)[O-])c(OC)cc2OC)c1. The maximum absolute atomic E-state index is 12.5. The van der Waals surface area contributed by atoms with Gasteiger partial charge < -0.3 is 19.5 Å². The Morgan fingerprint density at radius 2 is 1.97 bits per heavy atom. The highest BCUT2D eigenvalue weighted by molar-refractivity contribution is 6.10. The Kier molecular flexibility index (Phi) is 7.14. The zero-order valence-corrected chi connectivity index (χ0v) is 16.1. The van der Waals surface area contributed by atoms with Crippen molar-refractivity contribution in [1.29, 1.82) is 5.26 Å². The lowest BCUT2D eigenvalue weighted by atomic mass is 10.1. The number of rotatable bonds is 8. The number of ether oxygens (including phenoxy) is 3. The van der Waals surface area contributed by atoms with E-state index in [1.165, 1.54) is 32.4 Å².